The van der Waals surface area contributed by atoms with Crippen molar-refractivity contribution < 1.29 is 34.8 Å². The van der Waals surface area contributed by atoms with Crippen LogP contribution >= 0.6 is 35.0 Å². The summed E-state index contributed by atoms with van der Waals surface area (Å²) in [4.78, 5) is -0.410. The molecule has 0 saturated carbocycles. The quantitative estimate of drug-likeness (QED) is 0.451. The summed E-state index contributed by atoms with van der Waals surface area (Å²) >= 11 is 11.4. The highest BCUT2D eigenvalue weighted by Crippen LogP contribution is 2.43. The molecule has 1 heterocycles. The Labute approximate surface area is 185 Å². The minimum Gasteiger partial charge on any atom is -0.382 e. The molecular formula is C14H9Cl2F6N5O2S2. The molecule has 0 fully saturated rings. The Kier molecular flexibility index (Phi) is 6.91. The number of aromatic nitrogens is 2. The van der Waals surface area contributed by atoms with Crippen LogP contribution in [-0.2, 0) is 10.0 Å². The lowest BCUT2D eigenvalue weighted by atomic mass is 10.3. The number of nitrogens with zero attached hydrogens (tertiary/aromatic N) is 4. The van der Waals surface area contributed by atoms with Crippen LogP contribution in [0, 0.1) is 11.3 Å². The molecule has 0 aliphatic carbocycles. The van der Waals surface area contributed by atoms with Crippen molar-refractivity contribution in [2.24, 2.45) is 0 Å². The van der Waals surface area contributed by atoms with E-state index in [0.29, 0.717) is 10.9 Å². The third-order valence-corrected chi connectivity index (χ3v) is 5.80. The van der Waals surface area contributed by atoms with Gasteiger partial charge >= 0.3 is 11.7 Å². The molecule has 0 aliphatic rings. The molecule has 2 aromatic rings. The van der Waals surface area contributed by atoms with E-state index in [-0.39, 0.29) is 9.99 Å². The molecule has 0 atom stereocenters. The van der Waals surface area contributed by atoms with Crippen LogP contribution in [-0.4, -0.2) is 42.7 Å². The van der Waals surface area contributed by atoms with Crippen LogP contribution in [0.4, 0.5) is 37.8 Å². The van der Waals surface area contributed by atoms with Gasteiger partial charge < -0.3 is 5.73 Å². The lowest BCUT2D eigenvalue weighted by Crippen LogP contribution is -2.39. The first-order valence-electron chi connectivity index (χ1n) is 7.53. The summed E-state index contributed by atoms with van der Waals surface area (Å²) in [5, 5.41) is 12.0. The standard InChI is InChI=1S/C14H9Cl2F6N5O2S2/c1-31(28,29)26(5-13(17,18)19)11-9(4-23)25-27(12(11)24)10-7(15)2-6(3-8(10)16)30-14(20,21)22/h2-3H,5,24H2,1H3. The molecule has 170 valence electrons. The lowest BCUT2D eigenvalue weighted by Gasteiger charge is -2.23. The van der Waals surface area contributed by atoms with Gasteiger partial charge in [-0.2, -0.15) is 36.7 Å². The van der Waals surface area contributed by atoms with Crippen molar-refractivity contribution >= 4 is 56.5 Å². The second kappa shape index (κ2) is 8.49. The Balaban J connectivity index is 2.72. The zero-order valence-corrected chi connectivity index (χ0v) is 18.0. The smallest absolute Gasteiger partial charge is 0.382 e. The third-order valence-electron chi connectivity index (χ3n) is 3.41. The summed E-state index contributed by atoms with van der Waals surface area (Å²) < 4.78 is 101. The average molecular weight is 528 g/mol. The van der Waals surface area contributed by atoms with Crippen LogP contribution in [0.1, 0.15) is 5.69 Å². The number of anilines is 2. The molecule has 1 aromatic carbocycles. The summed E-state index contributed by atoms with van der Waals surface area (Å²) in [6.07, 6.45) is -4.55. The predicted molar refractivity (Wildman–Crippen MR) is 103 cm³/mol. The van der Waals surface area contributed by atoms with Crippen molar-refractivity contribution in [1.82, 2.24) is 9.78 Å². The second-order valence-corrected chi connectivity index (χ2v) is 9.63. The molecule has 0 amide bonds. The highest BCUT2D eigenvalue weighted by molar-refractivity contribution is 8.00. The summed E-state index contributed by atoms with van der Waals surface area (Å²) in [6.45, 7) is -2.01. The van der Waals surface area contributed by atoms with E-state index in [1.807, 2.05) is 0 Å². The maximum atomic E-state index is 12.9. The number of nitriles is 1. The Morgan fingerprint density at radius 3 is 2.13 bits per heavy atom. The van der Waals surface area contributed by atoms with Gasteiger partial charge in [-0.3, -0.25) is 4.31 Å². The Bertz CT molecular complexity index is 1130. The van der Waals surface area contributed by atoms with Crippen molar-refractivity contribution in [2.45, 2.75) is 16.6 Å². The van der Waals surface area contributed by atoms with Gasteiger partial charge in [0.2, 0.25) is 10.0 Å². The number of alkyl halides is 6. The average Bonchev–Trinajstić information content (AvgIpc) is 2.85. The van der Waals surface area contributed by atoms with Crippen molar-refractivity contribution in [3.63, 3.8) is 0 Å². The van der Waals surface area contributed by atoms with E-state index in [0.717, 1.165) is 12.1 Å². The number of thioether (sulfide) groups is 1. The predicted octanol–water partition coefficient (Wildman–Crippen LogP) is 4.57. The van der Waals surface area contributed by atoms with Crippen molar-refractivity contribution in [3.8, 4) is 11.8 Å². The van der Waals surface area contributed by atoms with E-state index in [1.165, 1.54) is 6.07 Å². The summed E-state index contributed by atoms with van der Waals surface area (Å²) in [6, 6.07) is 3.11. The van der Waals surface area contributed by atoms with Gasteiger partial charge in [-0.25, -0.2) is 13.1 Å². The number of rotatable bonds is 5. The summed E-state index contributed by atoms with van der Waals surface area (Å²) in [5.41, 5.74) is -0.943. The van der Waals surface area contributed by atoms with E-state index >= 15 is 0 Å². The molecule has 2 N–H and O–H groups in total. The van der Waals surface area contributed by atoms with E-state index in [9.17, 15) is 40.0 Å². The Morgan fingerprint density at radius 1 is 1.23 bits per heavy atom. The monoisotopic (exact) mass is 527 g/mol. The largest absolute Gasteiger partial charge is 0.446 e. The van der Waals surface area contributed by atoms with E-state index < -0.39 is 72.2 Å². The summed E-state index contributed by atoms with van der Waals surface area (Å²) in [5.74, 6) is -0.758. The van der Waals surface area contributed by atoms with Crippen LogP contribution in [0.25, 0.3) is 5.69 Å². The number of hydrogen-bond acceptors (Lipinski definition) is 6. The minimum absolute atomic E-state index is 0.167. The molecule has 0 aliphatic heterocycles. The van der Waals surface area contributed by atoms with Gasteiger partial charge in [0.15, 0.2) is 11.5 Å². The molecule has 0 saturated heterocycles. The first kappa shape index (κ1) is 25.2. The Hall–Kier alpha value is -2.02. The number of nitrogens with two attached hydrogens (primary N) is 1. The van der Waals surface area contributed by atoms with Crippen molar-refractivity contribution in [3.05, 3.63) is 27.9 Å². The molecule has 0 bridgehead atoms. The fourth-order valence-electron chi connectivity index (χ4n) is 2.38. The topological polar surface area (TPSA) is 105 Å². The first-order chi connectivity index (χ1) is 13.9. The number of sulfonamides is 1. The van der Waals surface area contributed by atoms with E-state index in [4.69, 9.17) is 28.9 Å². The minimum atomic E-state index is -5.00. The van der Waals surface area contributed by atoms with Gasteiger partial charge in [0.25, 0.3) is 0 Å². The van der Waals surface area contributed by atoms with Crippen LogP contribution in [0.5, 0.6) is 0 Å². The normalized spacial score (nSPS) is 12.6. The highest BCUT2D eigenvalue weighted by Gasteiger charge is 2.39. The van der Waals surface area contributed by atoms with Gasteiger partial charge in [0, 0.05) is 4.90 Å². The summed E-state index contributed by atoms with van der Waals surface area (Å²) in [7, 11) is -4.59. The molecular weight excluding hydrogens is 519 g/mol. The van der Waals surface area contributed by atoms with Crippen molar-refractivity contribution in [2.75, 3.05) is 22.8 Å². The van der Waals surface area contributed by atoms with Crippen LogP contribution in [0.3, 0.4) is 0 Å². The fourth-order valence-corrected chi connectivity index (χ4v) is 4.67. The van der Waals surface area contributed by atoms with Crippen LogP contribution in [0.15, 0.2) is 17.0 Å². The first-order valence-corrected chi connectivity index (χ1v) is 10.9. The fraction of sp³-hybridized carbons (Fsp3) is 0.286. The molecule has 0 radical (unpaired) electrons. The number of benzene rings is 1. The molecule has 2 rings (SSSR count). The third kappa shape index (κ3) is 6.03. The van der Waals surface area contributed by atoms with Crippen molar-refractivity contribution in [1.29, 1.82) is 5.26 Å². The Morgan fingerprint density at radius 2 is 1.74 bits per heavy atom. The number of hydrogen-bond donors (Lipinski definition) is 1. The van der Waals surface area contributed by atoms with E-state index in [2.05, 4.69) is 5.10 Å². The maximum absolute atomic E-state index is 12.9. The molecule has 7 nitrogen and oxygen atoms in total. The van der Waals surface area contributed by atoms with Gasteiger partial charge in [-0.1, -0.05) is 23.2 Å². The zero-order chi connectivity index (χ0) is 23.9. The molecule has 17 heteroatoms. The molecule has 0 unspecified atom stereocenters. The van der Waals surface area contributed by atoms with Gasteiger partial charge in [0.1, 0.15) is 24.0 Å². The molecule has 31 heavy (non-hydrogen) atoms. The SMILES string of the molecule is CS(=O)(=O)N(CC(F)(F)F)c1c(C#N)nn(-c2c(Cl)cc(SC(F)(F)F)cc2Cl)c1N. The lowest BCUT2D eigenvalue weighted by molar-refractivity contribution is -0.117. The molecule has 1 aromatic heterocycles. The maximum Gasteiger partial charge on any atom is 0.446 e. The number of nitrogen functional groups attached to an aromatic ring is 1. The van der Waals surface area contributed by atoms with Gasteiger partial charge in [-0.05, 0) is 23.9 Å². The van der Waals surface area contributed by atoms with Gasteiger partial charge in [0.05, 0.1) is 16.3 Å². The molecule has 0 spiro atoms. The highest BCUT2D eigenvalue weighted by atomic mass is 35.5. The van der Waals surface area contributed by atoms with Crippen LogP contribution in [0.2, 0.25) is 10.0 Å². The zero-order valence-electron chi connectivity index (χ0n) is 14.9. The van der Waals surface area contributed by atoms with Crippen LogP contribution < -0.4 is 10.0 Å². The number of halogens is 8. The van der Waals surface area contributed by atoms with Gasteiger partial charge in [-0.15, -0.1) is 0 Å². The van der Waals surface area contributed by atoms with E-state index in [1.54, 1.807) is 0 Å². The second-order valence-electron chi connectivity index (χ2n) is 5.77.